The van der Waals surface area contributed by atoms with E-state index in [2.05, 4.69) is 5.32 Å². The van der Waals surface area contributed by atoms with E-state index in [1.54, 1.807) is 0 Å². The van der Waals surface area contributed by atoms with Crippen molar-refractivity contribution in [1.82, 2.24) is 5.32 Å². The van der Waals surface area contributed by atoms with E-state index in [-0.39, 0.29) is 18.6 Å². The molecule has 1 fully saturated rings. The maximum Gasteiger partial charge on any atom is 0.176 e. The van der Waals surface area contributed by atoms with Gasteiger partial charge in [0.05, 0.1) is 0 Å². The fourth-order valence-corrected chi connectivity index (χ4v) is 2.41. The fourth-order valence-electron chi connectivity index (χ4n) is 2.41. The van der Waals surface area contributed by atoms with Gasteiger partial charge >= 0.3 is 0 Å². The van der Waals surface area contributed by atoms with E-state index in [1.807, 2.05) is 13.1 Å². The van der Waals surface area contributed by atoms with E-state index in [0.29, 0.717) is 5.92 Å². The van der Waals surface area contributed by atoms with Crippen molar-refractivity contribution in [2.24, 2.45) is 11.8 Å². The van der Waals surface area contributed by atoms with Crippen LogP contribution < -0.4 is 5.32 Å². The van der Waals surface area contributed by atoms with Crippen LogP contribution in [0.4, 0.5) is 0 Å². The zero-order valence-corrected chi connectivity index (χ0v) is 8.87. The normalized spacial score (nSPS) is 22.4. The van der Waals surface area contributed by atoms with Crippen LogP contribution in [0.25, 0.3) is 0 Å². The van der Waals surface area contributed by atoms with Gasteiger partial charge in [0.2, 0.25) is 0 Å². The van der Waals surface area contributed by atoms with Crippen LogP contribution >= 0.6 is 0 Å². The molecule has 0 aromatic carbocycles. The standard InChI is InChI=1S/C11H20N2O/c1-9(7-14)11(13-8-12)10-5-3-2-4-6-10/h9-11,13-14H,2-7H2,1H3/t9-,11-/m0/s1. The average Bonchev–Trinajstić information content (AvgIpc) is 2.26. The lowest BCUT2D eigenvalue weighted by atomic mass is 9.79. The molecule has 0 radical (unpaired) electrons. The van der Waals surface area contributed by atoms with Gasteiger partial charge in [-0.15, -0.1) is 0 Å². The number of rotatable bonds is 4. The van der Waals surface area contributed by atoms with Gasteiger partial charge in [-0.1, -0.05) is 26.2 Å². The average molecular weight is 196 g/mol. The predicted octanol–water partition coefficient (Wildman–Crippen LogP) is 1.63. The molecule has 1 rings (SSSR count). The molecule has 2 atom stereocenters. The SMILES string of the molecule is C[C@@H](CO)[C@H](NC#N)C1CCCCC1. The van der Waals surface area contributed by atoms with Crippen molar-refractivity contribution >= 4 is 0 Å². The number of nitrogens with zero attached hydrogens (tertiary/aromatic N) is 1. The zero-order valence-electron chi connectivity index (χ0n) is 8.87. The number of nitrogens with one attached hydrogen (secondary N) is 1. The molecule has 3 heteroatoms. The van der Waals surface area contributed by atoms with Crippen LogP contribution in [-0.4, -0.2) is 17.8 Å². The molecule has 0 saturated heterocycles. The molecular weight excluding hydrogens is 176 g/mol. The second-order valence-electron chi connectivity index (χ2n) is 4.34. The van der Waals surface area contributed by atoms with Crippen molar-refractivity contribution in [3.8, 4) is 6.19 Å². The highest BCUT2D eigenvalue weighted by Gasteiger charge is 2.27. The first kappa shape index (κ1) is 11.3. The molecule has 1 saturated carbocycles. The van der Waals surface area contributed by atoms with E-state index in [0.717, 1.165) is 0 Å². The van der Waals surface area contributed by atoms with Crippen molar-refractivity contribution in [3.63, 3.8) is 0 Å². The summed E-state index contributed by atoms with van der Waals surface area (Å²) in [5, 5.41) is 20.6. The summed E-state index contributed by atoms with van der Waals surface area (Å²) in [7, 11) is 0. The first-order valence-corrected chi connectivity index (χ1v) is 5.55. The van der Waals surface area contributed by atoms with Crippen molar-refractivity contribution < 1.29 is 5.11 Å². The molecule has 0 aromatic rings. The summed E-state index contributed by atoms with van der Waals surface area (Å²) >= 11 is 0. The van der Waals surface area contributed by atoms with Crippen LogP contribution in [0.15, 0.2) is 0 Å². The molecule has 14 heavy (non-hydrogen) atoms. The minimum Gasteiger partial charge on any atom is -0.396 e. The lowest BCUT2D eigenvalue weighted by Gasteiger charge is -2.32. The molecular formula is C11H20N2O. The maximum absolute atomic E-state index is 9.11. The highest BCUT2D eigenvalue weighted by molar-refractivity contribution is 4.87. The second kappa shape index (κ2) is 5.87. The van der Waals surface area contributed by atoms with Gasteiger partial charge in [-0.05, 0) is 18.8 Å². The Labute approximate surface area is 86.1 Å². The van der Waals surface area contributed by atoms with Gasteiger partial charge in [0, 0.05) is 18.6 Å². The van der Waals surface area contributed by atoms with Gasteiger partial charge in [-0.3, -0.25) is 0 Å². The van der Waals surface area contributed by atoms with Gasteiger partial charge < -0.3 is 10.4 Å². The molecule has 2 N–H and O–H groups in total. The molecule has 1 aliphatic rings. The van der Waals surface area contributed by atoms with Crippen LogP contribution in [-0.2, 0) is 0 Å². The number of hydrogen-bond donors (Lipinski definition) is 2. The topological polar surface area (TPSA) is 56.0 Å². The Bertz CT molecular complexity index is 194. The van der Waals surface area contributed by atoms with Gasteiger partial charge in [-0.25, -0.2) is 0 Å². The van der Waals surface area contributed by atoms with Crippen molar-refractivity contribution in [1.29, 1.82) is 5.26 Å². The number of hydrogen-bond acceptors (Lipinski definition) is 3. The van der Waals surface area contributed by atoms with E-state index < -0.39 is 0 Å². The van der Waals surface area contributed by atoms with Crippen LogP contribution in [0.3, 0.4) is 0 Å². The van der Waals surface area contributed by atoms with Gasteiger partial charge in [0.1, 0.15) is 0 Å². The molecule has 0 heterocycles. The van der Waals surface area contributed by atoms with Crippen LogP contribution in [0.2, 0.25) is 0 Å². The van der Waals surface area contributed by atoms with Crippen molar-refractivity contribution in [3.05, 3.63) is 0 Å². The number of aliphatic hydroxyl groups is 1. The summed E-state index contributed by atoms with van der Waals surface area (Å²) in [4.78, 5) is 0. The van der Waals surface area contributed by atoms with Crippen LogP contribution in [0.5, 0.6) is 0 Å². The monoisotopic (exact) mass is 196 g/mol. The summed E-state index contributed by atoms with van der Waals surface area (Å²) in [6.45, 7) is 2.17. The Balaban J connectivity index is 2.51. The second-order valence-corrected chi connectivity index (χ2v) is 4.34. The summed E-state index contributed by atoms with van der Waals surface area (Å²) in [6, 6.07) is 0.172. The van der Waals surface area contributed by atoms with E-state index >= 15 is 0 Å². The minimum atomic E-state index is 0.163. The third-order valence-electron chi connectivity index (χ3n) is 3.29. The summed E-state index contributed by atoms with van der Waals surface area (Å²) in [6.07, 6.45) is 8.28. The third-order valence-corrected chi connectivity index (χ3v) is 3.29. The smallest absolute Gasteiger partial charge is 0.176 e. The number of nitriles is 1. The van der Waals surface area contributed by atoms with Crippen molar-refractivity contribution in [2.75, 3.05) is 6.61 Å². The summed E-state index contributed by atoms with van der Waals surface area (Å²) in [5.74, 6) is 0.753. The molecule has 0 aromatic heterocycles. The van der Waals surface area contributed by atoms with Crippen LogP contribution in [0, 0.1) is 23.3 Å². The lowest BCUT2D eigenvalue weighted by molar-refractivity contribution is 0.159. The fraction of sp³-hybridized carbons (Fsp3) is 0.909. The molecule has 0 bridgehead atoms. The number of aliphatic hydroxyl groups excluding tert-OH is 1. The quantitative estimate of drug-likeness (QED) is 0.531. The molecule has 1 aliphatic carbocycles. The summed E-state index contributed by atoms with van der Waals surface area (Å²) < 4.78 is 0. The van der Waals surface area contributed by atoms with Crippen LogP contribution in [0.1, 0.15) is 39.0 Å². The molecule has 0 aliphatic heterocycles. The molecule has 0 amide bonds. The zero-order chi connectivity index (χ0) is 10.4. The Morgan fingerprint density at radius 2 is 2.07 bits per heavy atom. The third kappa shape index (κ3) is 2.88. The molecule has 0 spiro atoms. The van der Waals surface area contributed by atoms with Gasteiger partial charge in [0.15, 0.2) is 6.19 Å². The van der Waals surface area contributed by atoms with E-state index in [1.165, 1.54) is 32.1 Å². The largest absolute Gasteiger partial charge is 0.396 e. The Morgan fingerprint density at radius 3 is 2.57 bits per heavy atom. The van der Waals surface area contributed by atoms with E-state index in [4.69, 9.17) is 10.4 Å². The van der Waals surface area contributed by atoms with E-state index in [9.17, 15) is 0 Å². The van der Waals surface area contributed by atoms with Crippen molar-refractivity contribution in [2.45, 2.75) is 45.1 Å². The Kier molecular flexibility index (Phi) is 4.75. The predicted molar refractivity (Wildman–Crippen MR) is 55.4 cm³/mol. The minimum absolute atomic E-state index is 0.163. The summed E-state index contributed by atoms with van der Waals surface area (Å²) in [5.41, 5.74) is 0. The highest BCUT2D eigenvalue weighted by Crippen LogP contribution is 2.29. The Morgan fingerprint density at radius 1 is 1.43 bits per heavy atom. The molecule has 3 nitrogen and oxygen atoms in total. The first-order chi connectivity index (χ1) is 6.79. The molecule has 0 unspecified atom stereocenters. The Hall–Kier alpha value is -0.750. The van der Waals surface area contributed by atoms with Gasteiger partial charge in [-0.2, -0.15) is 5.26 Å². The maximum atomic E-state index is 9.11. The lowest BCUT2D eigenvalue weighted by Crippen LogP contribution is -2.41. The first-order valence-electron chi connectivity index (χ1n) is 5.55. The highest BCUT2D eigenvalue weighted by atomic mass is 16.3. The van der Waals surface area contributed by atoms with Gasteiger partial charge in [0.25, 0.3) is 0 Å². The molecule has 80 valence electrons.